The Balaban J connectivity index is 2.00. The molecule has 2 N–H and O–H groups in total. The van der Waals surface area contributed by atoms with Crippen molar-refractivity contribution in [2.24, 2.45) is 0 Å². The molecule has 0 saturated heterocycles. The van der Waals surface area contributed by atoms with Gasteiger partial charge in [0.1, 0.15) is 11.9 Å². The third kappa shape index (κ3) is 2.61. The van der Waals surface area contributed by atoms with E-state index >= 15 is 0 Å². The van der Waals surface area contributed by atoms with Gasteiger partial charge in [-0.1, -0.05) is 30.3 Å². The maximum atomic E-state index is 9.28. The van der Waals surface area contributed by atoms with Gasteiger partial charge < -0.3 is 10.6 Å². The van der Waals surface area contributed by atoms with Gasteiger partial charge in [0.25, 0.3) is 0 Å². The van der Waals surface area contributed by atoms with E-state index < -0.39 is 0 Å². The molecule has 2 atom stereocenters. The summed E-state index contributed by atoms with van der Waals surface area (Å²) in [6.45, 7) is 0. The van der Waals surface area contributed by atoms with E-state index in [2.05, 4.69) is 49.7 Å². The van der Waals surface area contributed by atoms with Crippen LogP contribution in [0.2, 0.25) is 0 Å². The number of anilines is 2. The van der Waals surface area contributed by atoms with Crippen LogP contribution in [0.5, 0.6) is 0 Å². The Kier molecular flexibility index (Phi) is 3.57. The number of fused-ring (bicyclic) bond motifs is 1. The summed E-state index contributed by atoms with van der Waals surface area (Å²) in [6, 6.07) is 14.3. The monoisotopic (exact) mass is 328 g/mol. The molecule has 0 radical (unpaired) electrons. The first-order valence-electron chi connectivity index (χ1n) is 6.39. The summed E-state index contributed by atoms with van der Waals surface area (Å²) in [7, 11) is 0. The quantitative estimate of drug-likeness (QED) is 0.837. The fraction of sp³-hybridized carbons (Fsp3) is 0.200. The van der Waals surface area contributed by atoms with Crippen LogP contribution in [-0.4, -0.2) is 11.0 Å². The molecule has 0 bridgehead atoms. The lowest BCUT2D eigenvalue weighted by atomic mass is 10.0. The van der Waals surface area contributed by atoms with Crippen LogP contribution in [0.1, 0.15) is 18.0 Å². The number of halogens is 1. The van der Waals surface area contributed by atoms with Crippen LogP contribution < -0.4 is 10.6 Å². The van der Waals surface area contributed by atoms with Crippen LogP contribution >= 0.6 is 15.9 Å². The molecule has 2 unspecified atom stereocenters. The van der Waals surface area contributed by atoms with Gasteiger partial charge in [0.15, 0.2) is 0 Å². The van der Waals surface area contributed by atoms with Gasteiger partial charge in [0, 0.05) is 17.1 Å². The lowest BCUT2D eigenvalue weighted by Crippen LogP contribution is -2.20. The van der Waals surface area contributed by atoms with Crippen molar-refractivity contribution in [1.29, 1.82) is 5.26 Å². The number of nitriles is 1. The molecule has 2 aromatic rings. The molecule has 100 valence electrons. The van der Waals surface area contributed by atoms with Crippen LogP contribution in [0.25, 0.3) is 0 Å². The molecule has 1 aromatic heterocycles. The summed E-state index contributed by atoms with van der Waals surface area (Å²) in [6.07, 6.45) is 2.42. The standard InChI is InChI=1S/C15H13BrN4/c16-11-6-14-15(18-9-11)19-12(8-17)7-13(20-14)10-4-2-1-3-5-10/h1-6,9,12-13,20H,7H2,(H,18,19). The van der Waals surface area contributed by atoms with Crippen LogP contribution in [0.3, 0.4) is 0 Å². The van der Waals surface area contributed by atoms with Crippen molar-refractivity contribution in [3.8, 4) is 6.07 Å². The molecule has 3 rings (SSSR count). The minimum Gasteiger partial charge on any atom is -0.375 e. The fourth-order valence-corrected chi connectivity index (χ4v) is 2.69. The normalized spacial score (nSPS) is 20.8. The number of benzene rings is 1. The summed E-state index contributed by atoms with van der Waals surface area (Å²) >= 11 is 3.43. The number of nitrogens with zero attached hydrogens (tertiary/aromatic N) is 2. The molecule has 0 spiro atoms. The highest BCUT2D eigenvalue weighted by Gasteiger charge is 2.24. The van der Waals surface area contributed by atoms with E-state index in [1.165, 1.54) is 5.56 Å². The maximum absolute atomic E-state index is 9.28. The SMILES string of the molecule is N#CC1CC(c2ccccc2)Nc2cc(Br)cnc2N1. The number of hydrogen-bond donors (Lipinski definition) is 2. The molecule has 0 amide bonds. The van der Waals surface area contributed by atoms with Crippen molar-refractivity contribution in [3.63, 3.8) is 0 Å². The van der Waals surface area contributed by atoms with E-state index in [1.54, 1.807) is 6.20 Å². The topological polar surface area (TPSA) is 60.7 Å². The van der Waals surface area contributed by atoms with Crippen LogP contribution in [0, 0.1) is 11.3 Å². The molecule has 5 heteroatoms. The lowest BCUT2D eigenvalue weighted by Gasteiger charge is -2.18. The Hall–Kier alpha value is -2.06. The molecular weight excluding hydrogens is 316 g/mol. The molecule has 0 fully saturated rings. The van der Waals surface area contributed by atoms with Crippen molar-refractivity contribution in [2.75, 3.05) is 10.6 Å². The summed E-state index contributed by atoms with van der Waals surface area (Å²) in [4.78, 5) is 4.33. The van der Waals surface area contributed by atoms with Gasteiger partial charge in [0.2, 0.25) is 0 Å². The average Bonchev–Trinajstić information content (AvgIpc) is 2.67. The van der Waals surface area contributed by atoms with Gasteiger partial charge in [0.05, 0.1) is 17.8 Å². The second kappa shape index (κ2) is 5.51. The second-order valence-electron chi connectivity index (χ2n) is 4.72. The first-order valence-corrected chi connectivity index (χ1v) is 7.19. The van der Waals surface area contributed by atoms with Gasteiger partial charge >= 0.3 is 0 Å². The molecule has 0 saturated carbocycles. The predicted molar refractivity (Wildman–Crippen MR) is 82.4 cm³/mol. The van der Waals surface area contributed by atoms with Crippen LogP contribution in [-0.2, 0) is 0 Å². The molecule has 1 aliphatic heterocycles. The Bertz CT molecular complexity index is 651. The number of rotatable bonds is 1. The third-order valence-electron chi connectivity index (χ3n) is 3.32. The Morgan fingerprint density at radius 1 is 1.25 bits per heavy atom. The van der Waals surface area contributed by atoms with E-state index in [0.717, 1.165) is 16.0 Å². The molecule has 20 heavy (non-hydrogen) atoms. The molecule has 0 aliphatic carbocycles. The predicted octanol–water partition coefficient (Wildman–Crippen LogP) is 3.71. The molecule has 1 aliphatic rings. The van der Waals surface area contributed by atoms with Crippen molar-refractivity contribution in [1.82, 2.24) is 4.98 Å². The van der Waals surface area contributed by atoms with Gasteiger partial charge in [-0.2, -0.15) is 5.26 Å². The van der Waals surface area contributed by atoms with E-state index in [0.29, 0.717) is 6.42 Å². The number of pyridine rings is 1. The fourth-order valence-electron chi connectivity index (χ4n) is 2.36. The van der Waals surface area contributed by atoms with Crippen molar-refractivity contribution >= 4 is 27.4 Å². The summed E-state index contributed by atoms with van der Waals surface area (Å²) in [5.74, 6) is 0.721. The van der Waals surface area contributed by atoms with E-state index in [4.69, 9.17) is 0 Å². The first kappa shape index (κ1) is 12.9. The molecule has 1 aromatic carbocycles. The zero-order valence-corrected chi connectivity index (χ0v) is 12.3. The number of hydrogen-bond acceptors (Lipinski definition) is 4. The minimum atomic E-state index is -0.261. The van der Waals surface area contributed by atoms with E-state index in [-0.39, 0.29) is 12.1 Å². The van der Waals surface area contributed by atoms with Gasteiger partial charge in [-0.3, -0.25) is 0 Å². The van der Waals surface area contributed by atoms with E-state index in [9.17, 15) is 5.26 Å². The van der Waals surface area contributed by atoms with Gasteiger partial charge in [-0.15, -0.1) is 0 Å². The first-order chi connectivity index (χ1) is 9.76. The molecule has 2 heterocycles. The zero-order chi connectivity index (χ0) is 13.9. The van der Waals surface area contributed by atoms with Gasteiger partial charge in [-0.05, 0) is 27.6 Å². The Morgan fingerprint density at radius 3 is 2.80 bits per heavy atom. The highest BCUT2D eigenvalue weighted by Crippen LogP contribution is 2.33. The summed E-state index contributed by atoms with van der Waals surface area (Å²) < 4.78 is 0.910. The van der Waals surface area contributed by atoms with Crippen molar-refractivity contribution in [3.05, 3.63) is 52.6 Å². The lowest BCUT2D eigenvalue weighted by molar-refractivity contribution is 0.674. The van der Waals surface area contributed by atoms with Crippen molar-refractivity contribution in [2.45, 2.75) is 18.5 Å². The third-order valence-corrected chi connectivity index (χ3v) is 3.76. The second-order valence-corrected chi connectivity index (χ2v) is 5.63. The number of nitrogens with one attached hydrogen (secondary N) is 2. The largest absolute Gasteiger partial charge is 0.375 e. The Morgan fingerprint density at radius 2 is 2.05 bits per heavy atom. The van der Waals surface area contributed by atoms with Crippen LogP contribution in [0.4, 0.5) is 11.5 Å². The van der Waals surface area contributed by atoms with Crippen molar-refractivity contribution < 1.29 is 0 Å². The summed E-state index contributed by atoms with van der Waals surface area (Å²) in [5.41, 5.74) is 2.08. The Labute approximate surface area is 126 Å². The molecule has 4 nitrogen and oxygen atoms in total. The minimum absolute atomic E-state index is 0.0886. The van der Waals surface area contributed by atoms with Gasteiger partial charge in [-0.25, -0.2) is 4.98 Å². The smallest absolute Gasteiger partial charge is 0.150 e. The maximum Gasteiger partial charge on any atom is 0.150 e. The average molecular weight is 329 g/mol. The molecular formula is C15H13BrN4. The van der Waals surface area contributed by atoms with Crippen LogP contribution in [0.15, 0.2) is 47.1 Å². The number of aromatic nitrogens is 1. The highest BCUT2D eigenvalue weighted by molar-refractivity contribution is 9.10. The van der Waals surface area contributed by atoms with E-state index in [1.807, 2.05) is 24.3 Å². The zero-order valence-electron chi connectivity index (χ0n) is 10.7. The highest BCUT2D eigenvalue weighted by atomic mass is 79.9. The summed E-state index contributed by atoms with van der Waals surface area (Å²) in [5, 5.41) is 15.9.